The normalized spacial score (nSPS) is 20.3. The van der Waals surface area contributed by atoms with Crippen LogP contribution >= 0.6 is 0 Å². The van der Waals surface area contributed by atoms with Crippen molar-refractivity contribution in [2.75, 3.05) is 5.01 Å². The van der Waals surface area contributed by atoms with Crippen LogP contribution in [0.5, 0.6) is 0 Å². The summed E-state index contributed by atoms with van der Waals surface area (Å²) in [4.78, 5) is 16.3. The predicted molar refractivity (Wildman–Crippen MR) is 90.9 cm³/mol. The highest BCUT2D eigenvalue weighted by Crippen LogP contribution is 2.36. The second-order valence-corrected chi connectivity index (χ2v) is 6.26. The zero-order valence-corrected chi connectivity index (χ0v) is 13.9. The van der Waals surface area contributed by atoms with Crippen molar-refractivity contribution in [2.24, 2.45) is 0 Å². The number of halogens is 2. The third-order valence-electron chi connectivity index (χ3n) is 4.18. The number of anilines is 1. The zero-order valence-electron chi connectivity index (χ0n) is 13.9. The molecule has 1 unspecified atom stereocenters. The Morgan fingerprint density at radius 2 is 1.84 bits per heavy atom. The molecule has 25 heavy (non-hydrogen) atoms. The largest absolute Gasteiger partial charge is 0.273 e. The minimum absolute atomic E-state index is 0.267. The van der Waals surface area contributed by atoms with Crippen molar-refractivity contribution < 1.29 is 13.6 Å². The molecule has 1 aromatic heterocycles. The predicted octanol–water partition coefficient (Wildman–Crippen LogP) is 3.14. The first-order valence-corrected chi connectivity index (χ1v) is 7.80. The summed E-state index contributed by atoms with van der Waals surface area (Å²) in [5, 5.41) is 1.08. The molecule has 128 valence electrons. The van der Waals surface area contributed by atoms with Gasteiger partial charge in [0.25, 0.3) is 5.92 Å². The van der Waals surface area contributed by atoms with Gasteiger partial charge in [-0.3, -0.25) is 4.79 Å². The molecule has 1 fully saturated rings. The smallest absolute Gasteiger partial charge is 0.265 e. The lowest BCUT2D eigenvalue weighted by molar-refractivity contribution is -0.119. The van der Waals surface area contributed by atoms with E-state index < -0.39 is 17.4 Å². The topological polar surface area (TPSA) is 45.2 Å². The highest BCUT2D eigenvalue weighted by Gasteiger charge is 2.54. The molecular weight excluding hydrogens is 324 g/mol. The molecule has 1 aliphatic rings. The number of nitrogens with one attached hydrogen (secondary N) is 1. The van der Waals surface area contributed by atoms with E-state index in [0.29, 0.717) is 5.56 Å². The quantitative estimate of drug-likeness (QED) is 0.854. The van der Waals surface area contributed by atoms with Gasteiger partial charge in [-0.15, -0.1) is 0 Å². The molecule has 0 spiro atoms. The molecule has 2 heterocycles. The molecule has 1 saturated heterocycles. The van der Waals surface area contributed by atoms with E-state index >= 15 is 0 Å². The van der Waals surface area contributed by atoms with Crippen molar-refractivity contribution in [1.29, 1.82) is 0 Å². The Hall–Kier alpha value is -2.78. The molecule has 0 saturated carbocycles. The molecule has 2 aromatic rings. The molecule has 0 radical (unpaired) electrons. The lowest BCUT2D eigenvalue weighted by Gasteiger charge is -2.31. The highest BCUT2D eigenvalue weighted by atomic mass is 19.3. The van der Waals surface area contributed by atoms with Gasteiger partial charge in [-0.25, -0.2) is 24.2 Å². The van der Waals surface area contributed by atoms with Gasteiger partial charge in [-0.05, 0) is 31.2 Å². The van der Waals surface area contributed by atoms with E-state index in [-0.39, 0.29) is 12.2 Å². The number of amides is 1. The van der Waals surface area contributed by atoms with Crippen LogP contribution in [0, 0.1) is 11.8 Å². The monoisotopic (exact) mass is 341 g/mol. The summed E-state index contributed by atoms with van der Waals surface area (Å²) in [6.07, 6.45) is 1.22. The lowest BCUT2D eigenvalue weighted by Crippen LogP contribution is -2.54. The fourth-order valence-electron chi connectivity index (χ4n) is 2.43. The Labute approximate surface area is 144 Å². The zero-order chi connectivity index (χ0) is 18.1. The molecule has 4 nitrogen and oxygen atoms in total. The first-order valence-electron chi connectivity index (χ1n) is 7.80. The van der Waals surface area contributed by atoms with Gasteiger partial charge in [-0.2, -0.15) is 0 Å². The summed E-state index contributed by atoms with van der Waals surface area (Å²) in [6.45, 7) is 2.12. The number of aromatic nitrogens is 1. The average Bonchev–Trinajstić information content (AvgIpc) is 2.90. The maximum atomic E-state index is 13.7. The van der Waals surface area contributed by atoms with Crippen LogP contribution in [0.3, 0.4) is 0 Å². The number of carbonyl (C=O) groups is 1. The number of pyridine rings is 1. The molecule has 1 N–H and O–H groups in total. The molecule has 0 bridgehead atoms. The maximum Gasteiger partial charge on any atom is 0.265 e. The fraction of sp³-hybridized carbons (Fsp3) is 0.263. The van der Waals surface area contributed by atoms with E-state index in [1.165, 1.54) is 13.1 Å². The summed E-state index contributed by atoms with van der Waals surface area (Å²) < 4.78 is 27.4. The van der Waals surface area contributed by atoms with Crippen molar-refractivity contribution in [1.82, 2.24) is 10.4 Å². The third kappa shape index (κ3) is 3.52. The van der Waals surface area contributed by atoms with Crippen molar-refractivity contribution in [3.63, 3.8) is 0 Å². The molecule has 1 aromatic carbocycles. The van der Waals surface area contributed by atoms with Crippen LogP contribution in [-0.2, 0) is 4.79 Å². The van der Waals surface area contributed by atoms with Crippen LogP contribution < -0.4 is 10.4 Å². The summed E-state index contributed by atoms with van der Waals surface area (Å²) in [7, 11) is 0. The fourth-order valence-corrected chi connectivity index (χ4v) is 2.43. The van der Waals surface area contributed by atoms with E-state index in [0.717, 1.165) is 17.5 Å². The summed E-state index contributed by atoms with van der Waals surface area (Å²) in [6, 6.07) is 12.8. The second-order valence-electron chi connectivity index (χ2n) is 6.26. The first kappa shape index (κ1) is 17.1. The van der Waals surface area contributed by atoms with Gasteiger partial charge >= 0.3 is 0 Å². The maximum absolute atomic E-state index is 13.7. The number of nitrogens with zero attached hydrogens (tertiary/aromatic N) is 2. The molecule has 1 amide bonds. The number of hydrazine groups is 1. The Balaban J connectivity index is 1.77. The van der Waals surface area contributed by atoms with Gasteiger partial charge in [0.1, 0.15) is 11.4 Å². The van der Waals surface area contributed by atoms with Gasteiger partial charge in [-0.1, -0.05) is 30.0 Å². The standard InChI is InChI=1S/C19H17F2N3O/c1-18(19(2,20)21)12-17(25)24(23-18)16-11-10-15(13-22-16)9-8-14-6-4-3-5-7-14/h3-7,10-11,13,23H,12H2,1-2H3. The molecular formula is C19H17F2N3O. The molecule has 1 aliphatic heterocycles. The Kier molecular flexibility index (Phi) is 4.27. The number of alkyl halides is 2. The van der Waals surface area contributed by atoms with E-state index in [1.54, 1.807) is 12.1 Å². The van der Waals surface area contributed by atoms with Crippen LogP contribution in [-0.4, -0.2) is 22.4 Å². The van der Waals surface area contributed by atoms with Crippen LogP contribution in [0.15, 0.2) is 48.7 Å². The van der Waals surface area contributed by atoms with Crippen LogP contribution in [0.25, 0.3) is 0 Å². The van der Waals surface area contributed by atoms with E-state index in [1.807, 2.05) is 30.3 Å². The average molecular weight is 341 g/mol. The highest BCUT2D eigenvalue weighted by molar-refractivity contribution is 5.94. The first-order chi connectivity index (χ1) is 11.8. The number of hydrogen-bond acceptors (Lipinski definition) is 3. The SMILES string of the molecule is CC(F)(F)C1(C)CC(=O)N(c2ccc(C#Cc3ccccc3)cn2)N1. The number of rotatable bonds is 2. The van der Waals surface area contributed by atoms with E-state index in [4.69, 9.17) is 0 Å². The van der Waals surface area contributed by atoms with Crippen molar-refractivity contribution >= 4 is 11.7 Å². The molecule has 0 aliphatic carbocycles. The number of carbonyl (C=O) groups excluding carboxylic acids is 1. The summed E-state index contributed by atoms with van der Waals surface area (Å²) in [5.74, 6) is 2.76. The van der Waals surface area contributed by atoms with Gasteiger partial charge in [0, 0.05) is 24.2 Å². The Morgan fingerprint density at radius 1 is 1.16 bits per heavy atom. The van der Waals surface area contributed by atoms with Crippen molar-refractivity contribution in [3.05, 3.63) is 59.8 Å². The summed E-state index contributed by atoms with van der Waals surface area (Å²) >= 11 is 0. The van der Waals surface area contributed by atoms with Crippen LogP contribution in [0.2, 0.25) is 0 Å². The number of benzene rings is 1. The van der Waals surface area contributed by atoms with E-state index in [2.05, 4.69) is 22.3 Å². The number of hydrogen-bond donors (Lipinski definition) is 1. The van der Waals surface area contributed by atoms with Gasteiger partial charge in [0.15, 0.2) is 0 Å². The summed E-state index contributed by atoms with van der Waals surface area (Å²) in [5.41, 5.74) is 2.51. The molecule has 6 heteroatoms. The van der Waals surface area contributed by atoms with Gasteiger partial charge in [0.2, 0.25) is 5.91 Å². The van der Waals surface area contributed by atoms with Crippen LogP contribution in [0.1, 0.15) is 31.4 Å². The van der Waals surface area contributed by atoms with Crippen LogP contribution in [0.4, 0.5) is 14.6 Å². The Morgan fingerprint density at radius 3 is 2.40 bits per heavy atom. The Bertz CT molecular complexity index is 835. The van der Waals surface area contributed by atoms with E-state index in [9.17, 15) is 13.6 Å². The third-order valence-corrected chi connectivity index (χ3v) is 4.18. The minimum Gasteiger partial charge on any atom is -0.273 e. The van der Waals surface area contributed by atoms with Gasteiger partial charge in [0.05, 0.1) is 6.42 Å². The lowest BCUT2D eigenvalue weighted by atomic mass is 9.93. The minimum atomic E-state index is -3.04. The van der Waals surface area contributed by atoms with Crippen molar-refractivity contribution in [3.8, 4) is 11.8 Å². The second kappa shape index (κ2) is 6.26. The molecule has 1 atom stereocenters. The van der Waals surface area contributed by atoms with Crippen molar-refractivity contribution in [2.45, 2.75) is 31.7 Å². The molecule has 3 rings (SSSR count). The van der Waals surface area contributed by atoms with Gasteiger partial charge < -0.3 is 0 Å².